The van der Waals surface area contributed by atoms with E-state index in [4.69, 9.17) is 4.42 Å². The van der Waals surface area contributed by atoms with Gasteiger partial charge in [0.1, 0.15) is 5.69 Å². The Balaban J connectivity index is 0.00000147. The second-order valence-corrected chi connectivity index (χ2v) is 5.41. The highest BCUT2D eigenvalue weighted by Gasteiger charge is 2.21. The van der Waals surface area contributed by atoms with Gasteiger partial charge in [0.05, 0.1) is 12.2 Å². The second kappa shape index (κ2) is 6.88. The number of nitrogens with zero attached hydrogens (tertiary/aromatic N) is 1. The lowest BCUT2D eigenvalue weighted by molar-refractivity contribution is -0.120. The van der Waals surface area contributed by atoms with Crippen molar-refractivity contribution >= 4 is 34.8 Å². The van der Waals surface area contributed by atoms with Gasteiger partial charge in [0.25, 0.3) is 0 Å². The Bertz CT molecular complexity index is 550. The van der Waals surface area contributed by atoms with Crippen LogP contribution in [0.2, 0.25) is 0 Å². The topological polar surface area (TPSA) is 67.2 Å². The molecule has 1 amide bonds. The first-order valence-electron chi connectivity index (χ1n) is 6.34. The van der Waals surface area contributed by atoms with E-state index >= 15 is 0 Å². The lowest BCUT2D eigenvalue weighted by Gasteiger charge is -2.21. The third kappa shape index (κ3) is 3.39. The quantitative estimate of drug-likeness (QED) is 0.914. The summed E-state index contributed by atoms with van der Waals surface area (Å²) in [6.45, 7) is 1.76. The molecular formula is C13H16ClN3O2S. The number of carbonyl (C=O) groups excluding carboxylic acids is 1. The summed E-state index contributed by atoms with van der Waals surface area (Å²) in [7, 11) is 0. The molecule has 3 heterocycles. The van der Waals surface area contributed by atoms with Crippen molar-refractivity contribution < 1.29 is 9.21 Å². The molecule has 1 unspecified atom stereocenters. The van der Waals surface area contributed by atoms with Gasteiger partial charge < -0.3 is 15.1 Å². The first kappa shape index (κ1) is 15.0. The summed E-state index contributed by atoms with van der Waals surface area (Å²) in [5.41, 5.74) is 0.757. The standard InChI is InChI=1S/C13H15N3O2S.ClH/c17-12(9-3-1-5-14-7-9)16-13-15-10(8-19-13)11-4-2-6-18-11;/h2,4,6,8-9,14H,1,3,5,7H2,(H,15,16,17);1H. The van der Waals surface area contributed by atoms with Gasteiger partial charge in [0.15, 0.2) is 10.9 Å². The van der Waals surface area contributed by atoms with Crippen LogP contribution in [0.1, 0.15) is 12.8 Å². The number of carbonyl (C=O) groups is 1. The minimum Gasteiger partial charge on any atom is -0.463 e. The maximum absolute atomic E-state index is 12.1. The summed E-state index contributed by atoms with van der Waals surface area (Å²) in [5.74, 6) is 0.813. The Kier molecular flexibility index (Phi) is 5.17. The van der Waals surface area contributed by atoms with Gasteiger partial charge in [0, 0.05) is 11.9 Å². The third-order valence-electron chi connectivity index (χ3n) is 3.18. The van der Waals surface area contributed by atoms with E-state index in [0.29, 0.717) is 5.13 Å². The van der Waals surface area contributed by atoms with Gasteiger partial charge in [-0.25, -0.2) is 4.98 Å². The third-order valence-corrected chi connectivity index (χ3v) is 3.93. The fourth-order valence-corrected chi connectivity index (χ4v) is 2.85. The molecular weight excluding hydrogens is 298 g/mol. The highest BCUT2D eigenvalue weighted by molar-refractivity contribution is 7.14. The molecule has 0 aliphatic carbocycles. The van der Waals surface area contributed by atoms with Crippen LogP contribution < -0.4 is 10.6 Å². The maximum Gasteiger partial charge on any atom is 0.230 e. The Labute approximate surface area is 127 Å². The first-order valence-corrected chi connectivity index (χ1v) is 7.22. The molecule has 2 aromatic heterocycles. The number of aromatic nitrogens is 1. The monoisotopic (exact) mass is 313 g/mol. The molecule has 1 aliphatic heterocycles. The molecule has 7 heteroatoms. The fourth-order valence-electron chi connectivity index (χ4n) is 2.15. The molecule has 0 spiro atoms. The zero-order valence-electron chi connectivity index (χ0n) is 10.8. The number of hydrogen-bond donors (Lipinski definition) is 2. The van der Waals surface area contributed by atoms with Gasteiger partial charge in [-0.05, 0) is 31.5 Å². The van der Waals surface area contributed by atoms with Crippen LogP contribution in [0.5, 0.6) is 0 Å². The van der Waals surface area contributed by atoms with Gasteiger partial charge in [-0.3, -0.25) is 4.79 Å². The molecule has 3 rings (SSSR count). The van der Waals surface area contributed by atoms with E-state index in [-0.39, 0.29) is 24.2 Å². The van der Waals surface area contributed by atoms with Crippen LogP contribution in [-0.2, 0) is 4.79 Å². The van der Waals surface area contributed by atoms with Crippen LogP contribution in [0.4, 0.5) is 5.13 Å². The van der Waals surface area contributed by atoms with E-state index in [9.17, 15) is 4.79 Å². The van der Waals surface area contributed by atoms with Crippen LogP contribution in [0.3, 0.4) is 0 Å². The number of hydrogen-bond acceptors (Lipinski definition) is 5. The zero-order chi connectivity index (χ0) is 13.1. The SMILES string of the molecule is Cl.O=C(Nc1nc(-c2ccco2)cs1)C1CCCNC1. The zero-order valence-corrected chi connectivity index (χ0v) is 12.4. The molecule has 0 radical (unpaired) electrons. The average molecular weight is 314 g/mol. The predicted molar refractivity (Wildman–Crippen MR) is 81.3 cm³/mol. The van der Waals surface area contributed by atoms with Crippen molar-refractivity contribution in [1.29, 1.82) is 0 Å². The van der Waals surface area contributed by atoms with Gasteiger partial charge in [-0.2, -0.15) is 0 Å². The fraction of sp³-hybridized carbons (Fsp3) is 0.385. The van der Waals surface area contributed by atoms with Crippen LogP contribution in [0, 0.1) is 5.92 Å². The molecule has 0 saturated carbocycles. The molecule has 20 heavy (non-hydrogen) atoms. The van der Waals surface area contributed by atoms with Crippen molar-refractivity contribution in [2.24, 2.45) is 5.92 Å². The van der Waals surface area contributed by atoms with Crippen LogP contribution in [0.25, 0.3) is 11.5 Å². The van der Waals surface area contributed by atoms with E-state index in [1.165, 1.54) is 11.3 Å². The number of amides is 1. The number of halogens is 1. The molecule has 2 N–H and O–H groups in total. The summed E-state index contributed by atoms with van der Waals surface area (Å²) in [4.78, 5) is 16.4. The number of rotatable bonds is 3. The summed E-state index contributed by atoms with van der Waals surface area (Å²) in [5, 5.41) is 8.63. The second-order valence-electron chi connectivity index (χ2n) is 4.55. The Morgan fingerprint density at radius 2 is 2.45 bits per heavy atom. The summed E-state index contributed by atoms with van der Waals surface area (Å²) in [6.07, 6.45) is 3.60. The van der Waals surface area contributed by atoms with E-state index in [1.807, 2.05) is 17.5 Å². The molecule has 1 atom stereocenters. The van der Waals surface area contributed by atoms with Crippen molar-refractivity contribution in [3.8, 4) is 11.5 Å². The molecule has 108 valence electrons. The lowest BCUT2D eigenvalue weighted by Crippen LogP contribution is -2.37. The highest BCUT2D eigenvalue weighted by Crippen LogP contribution is 2.25. The van der Waals surface area contributed by atoms with Crippen molar-refractivity contribution in [2.45, 2.75) is 12.8 Å². The van der Waals surface area contributed by atoms with Crippen molar-refractivity contribution in [1.82, 2.24) is 10.3 Å². The maximum atomic E-state index is 12.1. The summed E-state index contributed by atoms with van der Waals surface area (Å²) >= 11 is 1.42. The highest BCUT2D eigenvalue weighted by atomic mass is 35.5. The molecule has 1 aliphatic rings. The molecule has 1 fully saturated rings. The molecule has 0 aromatic carbocycles. The van der Waals surface area contributed by atoms with E-state index in [1.54, 1.807) is 6.26 Å². The molecule has 2 aromatic rings. The predicted octanol–water partition coefficient (Wildman–Crippen LogP) is 2.76. The minimum atomic E-state index is 0. The number of piperidine rings is 1. The molecule has 5 nitrogen and oxygen atoms in total. The largest absolute Gasteiger partial charge is 0.463 e. The number of anilines is 1. The number of furan rings is 1. The smallest absolute Gasteiger partial charge is 0.230 e. The summed E-state index contributed by atoms with van der Waals surface area (Å²) in [6, 6.07) is 3.67. The molecule has 0 bridgehead atoms. The molecule has 1 saturated heterocycles. The Hall–Kier alpha value is -1.37. The lowest BCUT2D eigenvalue weighted by atomic mass is 9.99. The first-order chi connectivity index (χ1) is 9.33. The van der Waals surface area contributed by atoms with Gasteiger partial charge >= 0.3 is 0 Å². The van der Waals surface area contributed by atoms with E-state index in [0.717, 1.165) is 37.4 Å². The van der Waals surface area contributed by atoms with Gasteiger partial charge in [0.2, 0.25) is 5.91 Å². The minimum absolute atomic E-state index is 0. The summed E-state index contributed by atoms with van der Waals surface area (Å²) < 4.78 is 5.28. The average Bonchev–Trinajstić information content (AvgIpc) is 3.10. The number of thiazole rings is 1. The van der Waals surface area contributed by atoms with Gasteiger partial charge in [-0.15, -0.1) is 23.7 Å². The van der Waals surface area contributed by atoms with Gasteiger partial charge in [-0.1, -0.05) is 0 Å². The van der Waals surface area contributed by atoms with Crippen LogP contribution >= 0.6 is 23.7 Å². The van der Waals surface area contributed by atoms with Crippen molar-refractivity contribution in [3.05, 3.63) is 23.8 Å². The normalized spacial score (nSPS) is 18.3. The Morgan fingerprint density at radius 1 is 1.55 bits per heavy atom. The van der Waals surface area contributed by atoms with E-state index < -0.39 is 0 Å². The van der Waals surface area contributed by atoms with Crippen LogP contribution in [0.15, 0.2) is 28.2 Å². The Morgan fingerprint density at radius 3 is 3.15 bits per heavy atom. The van der Waals surface area contributed by atoms with Crippen molar-refractivity contribution in [3.63, 3.8) is 0 Å². The number of nitrogens with one attached hydrogen (secondary N) is 2. The van der Waals surface area contributed by atoms with E-state index in [2.05, 4.69) is 15.6 Å². The van der Waals surface area contributed by atoms with Crippen LogP contribution in [-0.4, -0.2) is 24.0 Å². The van der Waals surface area contributed by atoms with Crippen molar-refractivity contribution in [2.75, 3.05) is 18.4 Å².